The molecule has 1 saturated heterocycles. The zero-order valence-electron chi connectivity index (χ0n) is 31.3. The van der Waals surface area contributed by atoms with Crippen LogP contribution in [0.3, 0.4) is 0 Å². The molecule has 57 heavy (non-hydrogen) atoms. The monoisotopic (exact) mass is 790 g/mol. The second kappa shape index (κ2) is 15.5. The number of benzene rings is 4. The van der Waals surface area contributed by atoms with Gasteiger partial charge in [0.25, 0.3) is 5.91 Å². The lowest BCUT2D eigenvalue weighted by Gasteiger charge is -2.40. The van der Waals surface area contributed by atoms with E-state index in [9.17, 15) is 9.36 Å². The first kappa shape index (κ1) is 37.2. The van der Waals surface area contributed by atoms with E-state index in [1.807, 2.05) is 41.3 Å². The van der Waals surface area contributed by atoms with Crippen LogP contribution in [0.5, 0.6) is 17.2 Å². The van der Waals surface area contributed by atoms with Gasteiger partial charge in [0.2, 0.25) is 6.79 Å². The highest BCUT2D eigenvalue weighted by atomic mass is 31.2. The van der Waals surface area contributed by atoms with Crippen molar-refractivity contribution >= 4 is 30.9 Å². The maximum Gasteiger partial charge on any atom is 0.524 e. The summed E-state index contributed by atoms with van der Waals surface area (Å²) in [5.41, 5.74) is 7.94. The molecule has 4 aliphatic rings. The minimum atomic E-state index is -4.65. The number of phosphoric acid groups is 1. The number of carbonyl (C=O) groups is 2. The molecule has 0 aliphatic carbocycles. The van der Waals surface area contributed by atoms with Gasteiger partial charge >= 0.3 is 7.82 Å². The molecule has 1 fully saturated rings. The summed E-state index contributed by atoms with van der Waals surface area (Å²) in [5, 5.41) is 3.24. The number of fused-ring (bicyclic) bond motifs is 3. The van der Waals surface area contributed by atoms with E-state index in [2.05, 4.69) is 37.5 Å². The van der Waals surface area contributed by atoms with Crippen LogP contribution in [0.4, 0.5) is 11.4 Å². The number of aromatic nitrogens is 1. The van der Waals surface area contributed by atoms with Crippen LogP contribution in [0.25, 0.3) is 11.3 Å². The summed E-state index contributed by atoms with van der Waals surface area (Å²) < 4.78 is 35.3. The van der Waals surface area contributed by atoms with Crippen molar-refractivity contribution in [1.29, 1.82) is 0 Å². The summed E-state index contributed by atoms with van der Waals surface area (Å²) in [6.45, 7) is 5.05. The smallest absolute Gasteiger partial charge is 0.454 e. The number of amides is 1. The van der Waals surface area contributed by atoms with Crippen LogP contribution >= 0.6 is 7.82 Å². The quantitative estimate of drug-likeness (QED) is 0.104. The normalized spacial score (nSPS) is 17.8. The Morgan fingerprint density at radius 2 is 1.53 bits per heavy atom. The molecular formula is C43H43N4O9P. The second-order valence-corrected chi connectivity index (χ2v) is 16.0. The third-order valence-corrected chi connectivity index (χ3v) is 11.7. The highest BCUT2D eigenvalue weighted by molar-refractivity contribution is 7.46. The Kier molecular flexibility index (Phi) is 10.1. The molecule has 14 heteroatoms. The van der Waals surface area contributed by atoms with Crippen molar-refractivity contribution in [3.8, 4) is 28.5 Å². The second-order valence-electron chi connectivity index (χ2n) is 14.9. The molecular weight excluding hydrogens is 747 g/mol. The van der Waals surface area contributed by atoms with E-state index in [1.54, 1.807) is 24.3 Å². The topological polar surface area (TPSA) is 152 Å². The van der Waals surface area contributed by atoms with Gasteiger partial charge in [0.1, 0.15) is 5.75 Å². The molecule has 1 atom stereocenters. The van der Waals surface area contributed by atoms with Gasteiger partial charge in [0.05, 0.1) is 18.8 Å². The first-order valence-electron chi connectivity index (χ1n) is 19.3. The molecule has 0 saturated carbocycles. The fraction of sp³-hybridized carbons (Fsp3) is 0.302. The fourth-order valence-electron chi connectivity index (χ4n) is 8.42. The van der Waals surface area contributed by atoms with Gasteiger partial charge in [-0.15, -0.1) is 0 Å². The van der Waals surface area contributed by atoms with E-state index >= 15 is 4.79 Å². The van der Waals surface area contributed by atoms with Crippen molar-refractivity contribution in [1.82, 2.24) is 14.4 Å². The summed E-state index contributed by atoms with van der Waals surface area (Å²) in [4.78, 5) is 52.0. The molecule has 1 aromatic heterocycles. The molecule has 0 spiro atoms. The van der Waals surface area contributed by atoms with Gasteiger partial charge in [0, 0.05) is 78.2 Å². The average molecular weight is 791 g/mol. The maximum atomic E-state index is 15.1. The minimum Gasteiger partial charge on any atom is -0.454 e. The van der Waals surface area contributed by atoms with Crippen LogP contribution in [0.15, 0.2) is 91.0 Å². The molecule has 3 N–H and O–H groups in total. The van der Waals surface area contributed by atoms with Gasteiger partial charge < -0.3 is 33.5 Å². The molecule has 0 radical (unpaired) electrons. The lowest BCUT2D eigenvalue weighted by Crippen LogP contribution is -2.52. The predicted molar refractivity (Wildman–Crippen MR) is 212 cm³/mol. The summed E-state index contributed by atoms with van der Waals surface area (Å²) >= 11 is 0. The Labute approximate surface area is 330 Å². The Morgan fingerprint density at radius 3 is 2.26 bits per heavy atom. The lowest BCUT2D eigenvalue weighted by atomic mass is 9.92. The van der Waals surface area contributed by atoms with Crippen molar-refractivity contribution in [3.05, 3.63) is 125 Å². The summed E-state index contributed by atoms with van der Waals surface area (Å²) in [7, 11) is -4.65. The molecule has 5 aromatic rings. The Hall–Kier alpha value is -5.43. The van der Waals surface area contributed by atoms with Crippen LogP contribution < -0.4 is 19.3 Å². The third kappa shape index (κ3) is 7.81. The first-order valence-corrected chi connectivity index (χ1v) is 20.8. The van der Waals surface area contributed by atoms with Crippen molar-refractivity contribution in [2.24, 2.45) is 0 Å². The number of phosphoric ester groups is 1. The van der Waals surface area contributed by atoms with Crippen LogP contribution in [-0.2, 0) is 35.2 Å². The van der Waals surface area contributed by atoms with Crippen LogP contribution in [0, 0.1) is 0 Å². The maximum absolute atomic E-state index is 15.1. The third-order valence-electron chi connectivity index (χ3n) is 11.2. The van der Waals surface area contributed by atoms with Gasteiger partial charge in [0.15, 0.2) is 17.3 Å². The van der Waals surface area contributed by atoms with Crippen molar-refractivity contribution in [3.63, 3.8) is 0 Å². The average Bonchev–Trinajstić information content (AvgIpc) is 3.85. The van der Waals surface area contributed by atoms with Gasteiger partial charge in [-0.1, -0.05) is 24.3 Å². The van der Waals surface area contributed by atoms with E-state index < -0.39 is 7.82 Å². The Bertz CT molecular complexity index is 2370. The van der Waals surface area contributed by atoms with Crippen LogP contribution in [0.2, 0.25) is 0 Å². The fourth-order valence-corrected chi connectivity index (χ4v) is 8.81. The molecule has 5 heterocycles. The van der Waals surface area contributed by atoms with E-state index in [4.69, 9.17) is 24.0 Å². The highest BCUT2D eigenvalue weighted by Gasteiger charge is 2.35. The number of nitrogens with one attached hydrogen (secondary N) is 1. The lowest BCUT2D eigenvalue weighted by molar-refractivity contribution is 0.0193. The number of morpholine rings is 1. The number of rotatable bonds is 10. The van der Waals surface area contributed by atoms with Crippen molar-refractivity contribution in [2.45, 2.75) is 44.8 Å². The number of ketones is 1. The number of hydrogen-bond acceptors (Lipinski definition) is 9. The van der Waals surface area contributed by atoms with Gasteiger partial charge in [-0.2, -0.15) is 0 Å². The summed E-state index contributed by atoms with van der Waals surface area (Å²) in [5.74, 6) is 0.964. The van der Waals surface area contributed by atoms with Crippen molar-refractivity contribution in [2.75, 3.05) is 45.0 Å². The Morgan fingerprint density at radius 1 is 0.825 bits per heavy atom. The Balaban J connectivity index is 1.03. The van der Waals surface area contributed by atoms with E-state index in [0.29, 0.717) is 59.2 Å². The highest BCUT2D eigenvalue weighted by Crippen LogP contribution is 2.43. The van der Waals surface area contributed by atoms with Gasteiger partial charge in [-0.25, -0.2) is 4.57 Å². The summed E-state index contributed by atoms with van der Waals surface area (Å²) in [6.07, 6.45) is 3.40. The number of ether oxygens (including phenoxy) is 3. The van der Waals surface area contributed by atoms with Gasteiger partial charge in [-0.3, -0.25) is 24.3 Å². The van der Waals surface area contributed by atoms with E-state index in [-0.39, 0.29) is 30.3 Å². The number of carbonyl (C=O) groups excluding carboxylic acids is 2. The largest absolute Gasteiger partial charge is 0.524 e. The standard InChI is InChI=1S/C43H43N4O9P/c48-42(28-8-10-31(11-9-28)44-32-12-14-34(15-13-32)56-57(50,51)52)37-22-39(46-16-4-3-7-38(37)46)35-23-40-41(55-27-54-40)24-36(35)43(49)47-25-30-6-2-1-5-29(30)21-33(47)26-45-17-19-53-20-18-45/h1-2,5-6,8-15,22-24,33,44H,3-4,7,16-21,25-27H2,(H2,50,51,52)/t33-/m0/s1. The molecule has 0 bridgehead atoms. The molecule has 4 aromatic carbocycles. The molecule has 1 amide bonds. The number of hydrogen-bond donors (Lipinski definition) is 3. The number of anilines is 2. The van der Waals surface area contributed by atoms with E-state index in [0.717, 1.165) is 74.5 Å². The molecule has 294 valence electrons. The minimum absolute atomic E-state index is 0.0409. The molecule has 13 nitrogen and oxygen atoms in total. The SMILES string of the molecule is O=C(c1ccc(Nc2ccc(OP(=O)(O)O)cc2)cc1)c1cc(-c2cc3c(cc2C(=O)N2Cc4ccccc4C[C@H]2CN2CCOCC2)OCO3)n2c1CCCC2. The van der Waals surface area contributed by atoms with Crippen LogP contribution in [-0.4, -0.2) is 81.5 Å². The van der Waals surface area contributed by atoms with E-state index in [1.165, 1.54) is 17.7 Å². The predicted octanol–water partition coefficient (Wildman–Crippen LogP) is 6.57. The summed E-state index contributed by atoms with van der Waals surface area (Å²) in [6, 6.07) is 27.4. The van der Waals surface area contributed by atoms with Crippen LogP contribution in [0.1, 0.15) is 55.9 Å². The first-order chi connectivity index (χ1) is 27.7. The van der Waals surface area contributed by atoms with Crippen molar-refractivity contribution < 1.29 is 42.7 Å². The zero-order valence-corrected chi connectivity index (χ0v) is 32.2. The molecule has 4 aliphatic heterocycles. The molecule has 9 rings (SSSR count). The zero-order chi connectivity index (χ0) is 39.1. The number of nitrogens with zero attached hydrogens (tertiary/aromatic N) is 3. The van der Waals surface area contributed by atoms with Gasteiger partial charge in [-0.05, 0) is 104 Å². The molecule has 0 unspecified atom stereocenters.